The summed E-state index contributed by atoms with van der Waals surface area (Å²) in [5, 5.41) is 3.57. The molecule has 0 bridgehead atoms. The summed E-state index contributed by atoms with van der Waals surface area (Å²) >= 11 is 0. The molecule has 1 atom stereocenters. The molecule has 0 amide bonds. The summed E-state index contributed by atoms with van der Waals surface area (Å²) in [4.78, 5) is 0. The summed E-state index contributed by atoms with van der Waals surface area (Å²) in [7, 11) is 0. The van der Waals surface area contributed by atoms with E-state index in [0.29, 0.717) is 0 Å². The largest absolute Gasteiger partial charge is 0.310 e. The average Bonchev–Trinajstić information content (AvgIpc) is 2.43. The van der Waals surface area contributed by atoms with Gasteiger partial charge in [0.15, 0.2) is 0 Å². The van der Waals surface area contributed by atoms with E-state index in [1.54, 1.807) is 0 Å². The molecule has 0 aliphatic heterocycles. The summed E-state index contributed by atoms with van der Waals surface area (Å²) in [6, 6.07) is 13.7. The maximum Gasteiger partial charge on any atom is 0.123 e. The van der Waals surface area contributed by atoms with Crippen LogP contribution < -0.4 is 5.32 Å². The maximum absolute atomic E-state index is 13.1. The van der Waals surface area contributed by atoms with Gasteiger partial charge in [0.2, 0.25) is 0 Å². The first-order valence-corrected chi connectivity index (χ1v) is 7.64. The van der Waals surface area contributed by atoms with Crippen molar-refractivity contribution in [3.05, 3.63) is 70.5 Å². The van der Waals surface area contributed by atoms with Crippen LogP contribution >= 0.6 is 0 Å². The van der Waals surface area contributed by atoms with Gasteiger partial charge in [-0.1, -0.05) is 48.4 Å². The Morgan fingerprint density at radius 3 is 2.19 bits per heavy atom. The number of rotatable bonds is 6. The Morgan fingerprint density at radius 2 is 1.62 bits per heavy atom. The molecule has 1 unspecified atom stereocenters. The second-order valence-corrected chi connectivity index (χ2v) is 5.76. The Labute approximate surface area is 127 Å². The van der Waals surface area contributed by atoms with Crippen molar-refractivity contribution in [2.75, 3.05) is 6.54 Å². The highest BCUT2D eigenvalue weighted by atomic mass is 19.1. The van der Waals surface area contributed by atoms with Gasteiger partial charge in [-0.25, -0.2) is 4.39 Å². The molecule has 112 valence electrons. The van der Waals surface area contributed by atoms with E-state index >= 15 is 0 Å². The Bertz CT molecular complexity index is 554. The van der Waals surface area contributed by atoms with Crippen molar-refractivity contribution in [2.45, 2.75) is 39.7 Å². The van der Waals surface area contributed by atoms with Gasteiger partial charge >= 0.3 is 0 Å². The molecule has 0 aliphatic rings. The fourth-order valence-electron chi connectivity index (χ4n) is 2.74. The summed E-state index contributed by atoms with van der Waals surface area (Å²) < 4.78 is 13.1. The van der Waals surface area contributed by atoms with E-state index in [1.165, 1.54) is 28.8 Å². The minimum Gasteiger partial charge on any atom is -0.310 e. The Hall–Kier alpha value is -1.67. The van der Waals surface area contributed by atoms with E-state index in [1.807, 2.05) is 12.1 Å². The fraction of sp³-hybridized carbons (Fsp3) is 0.368. The quantitative estimate of drug-likeness (QED) is 0.809. The fourth-order valence-corrected chi connectivity index (χ4v) is 2.74. The number of hydrogen-bond donors (Lipinski definition) is 1. The number of benzene rings is 2. The van der Waals surface area contributed by atoms with Crippen molar-refractivity contribution >= 4 is 0 Å². The molecule has 21 heavy (non-hydrogen) atoms. The molecular formula is C19H24FN. The van der Waals surface area contributed by atoms with Gasteiger partial charge in [-0.2, -0.15) is 0 Å². The first-order valence-electron chi connectivity index (χ1n) is 7.64. The SMILES string of the molecule is CCCNC(Cc1cc(C)cc(C)c1)c1ccc(F)cc1. The third-order valence-electron chi connectivity index (χ3n) is 3.63. The molecule has 0 aliphatic carbocycles. The number of halogens is 1. The minimum absolute atomic E-state index is 0.181. The highest BCUT2D eigenvalue weighted by Gasteiger charge is 2.12. The van der Waals surface area contributed by atoms with Crippen LogP contribution in [0.15, 0.2) is 42.5 Å². The van der Waals surface area contributed by atoms with Crippen molar-refractivity contribution < 1.29 is 4.39 Å². The van der Waals surface area contributed by atoms with Gasteiger partial charge in [0.1, 0.15) is 5.82 Å². The van der Waals surface area contributed by atoms with Crippen LogP contribution in [-0.4, -0.2) is 6.54 Å². The molecule has 0 fully saturated rings. The lowest BCUT2D eigenvalue weighted by Crippen LogP contribution is -2.24. The molecule has 0 saturated heterocycles. The molecular weight excluding hydrogens is 261 g/mol. The van der Waals surface area contributed by atoms with Crippen LogP contribution in [0.5, 0.6) is 0 Å². The smallest absolute Gasteiger partial charge is 0.123 e. The van der Waals surface area contributed by atoms with E-state index in [0.717, 1.165) is 24.9 Å². The standard InChI is InChI=1S/C19H24FN/c1-4-9-21-19(17-5-7-18(20)8-6-17)13-16-11-14(2)10-15(3)12-16/h5-8,10-12,19,21H,4,9,13H2,1-3H3. The van der Waals surface area contributed by atoms with Crippen molar-refractivity contribution in [1.29, 1.82) is 0 Å². The van der Waals surface area contributed by atoms with E-state index < -0.39 is 0 Å². The Balaban J connectivity index is 2.21. The predicted octanol–water partition coefficient (Wildman–Crippen LogP) is 4.73. The normalized spacial score (nSPS) is 12.4. The molecule has 2 heteroatoms. The van der Waals surface area contributed by atoms with Crippen molar-refractivity contribution in [3.8, 4) is 0 Å². The van der Waals surface area contributed by atoms with Crippen LogP contribution in [0.4, 0.5) is 4.39 Å². The molecule has 1 nitrogen and oxygen atoms in total. The molecule has 0 radical (unpaired) electrons. The van der Waals surface area contributed by atoms with Crippen LogP contribution in [0.2, 0.25) is 0 Å². The number of hydrogen-bond acceptors (Lipinski definition) is 1. The number of nitrogens with one attached hydrogen (secondary N) is 1. The third-order valence-corrected chi connectivity index (χ3v) is 3.63. The van der Waals surface area contributed by atoms with E-state index in [9.17, 15) is 4.39 Å². The topological polar surface area (TPSA) is 12.0 Å². The highest BCUT2D eigenvalue weighted by molar-refractivity contribution is 5.31. The van der Waals surface area contributed by atoms with Crippen molar-refractivity contribution in [1.82, 2.24) is 5.32 Å². The molecule has 2 rings (SSSR count). The van der Waals surface area contributed by atoms with Gasteiger partial charge in [0.25, 0.3) is 0 Å². The highest BCUT2D eigenvalue weighted by Crippen LogP contribution is 2.20. The van der Waals surface area contributed by atoms with E-state index in [2.05, 4.69) is 44.3 Å². The molecule has 2 aromatic carbocycles. The second-order valence-electron chi connectivity index (χ2n) is 5.76. The molecule has 0 spiro atoms. The molecule has 2 aromatic rings. The Morgan fingerprint density at radius 1 is 1.00 bits per heavy atom. The summed E-state index contributed by atoms with van der Waals surface area (Å²) in [5.41, 5.74) is 5.05. The predicted molar refractivity (Wildman–Crippen MR) is 87.1 cm³/mol. The lowest BCUT2D eigenvalue weighted by molar-refractivity contribution is 0.527. The lowest BCUT2D eigenvalue weighted by Gasteiger charge is -2.20. The van der Waals surface area contributed by atoms with Gasteiger partial charge in [-0.05, 0) is 56.5 Å². The van der Waals surface area contributed by atoms with Crippen LogP contribution in [0, 0.1) is 19.7 Å². The van der Waals surface area contributed by atoms with E-state index in [-0.39, 0.29) is 11.9 Å². The minimum atomic E-state index is -0.181. The summed E-state index contributed by atoms with van der Waals surface area (Å²) in [6.45, 7) is 7.38. The summed E-state index contributed by atoms with van der Waals surface area (Å²) in [6.07, 6.45) is 2.01. The molecule has 1 N–H and O–H groups in total. The van der Waals surface area contributed by atoms with Crippen LogP contribution in [0.1, 0.15) is 41.6 Å². The van der Waals surface area contributed by atoms with Crippen LogP contribution in [-0.2, 0) is 6.42 Å². The monoisotopic (exact) mass is 285 g/mol. The van der Waals surface area contributed by atoms with Crippen molar-refractivity contribution in [3.63, 3.8) is 0 Å². The first-order chi connectivity index (χ1) is 10.1. The van der Waals surface area contributed by atoms with Gasteiger partial charge in [0, 0.05) is 6.04 Å². The van der Waals surface area contributed by atoms with Crippen LogP contribution in [0.3, 0.4) is 0 Å². The van der Waals surface area contributed by atoms with Gasteiger partial charge < -0.3 is 5.32 Å². The Kier molecular flexibility index (Phi) is 5.51. The van der Waals surface area contributed by atoms with E-state index in [4.69, 9.17) is 0 Å². The maximum atomic E-state index is 13.1. The zero-order chi connectivity index (χ0) is 15.2. The average molecular weight is 285 g/mol. The molecule has 0 aromatic heterocycles. The van der Waals surface area contributed by atoms with Crippen molar-refractivity contribution in [2.24, 2.45) is 0 Å². The van der Waals surface area contributed by atoms with Gasteiger partial charge in [-0.3, -0.25) is 0 Å². The molecule has 0 heterocycles. The zero-order valence-corrected chi connectivity index (χ0v) is 13.1. The van der Waals surface area contributed by atoms with Crippen LogP contribution in [0.25, 0.3) is 0 Å². The van der Waals surface area contributed by atoms with Gasteiger partial charge in [0.05, 0.1) is 0 Å². The third kappa shape index (κ3) is 4.68. The second kappa shape index (κ2) is 7.37. The summed E-state index contributed by atoms with van der Waals surface area (Å²) in [5.74, 6) is -0.181. The van der Waals surface area contributed by atoms with Gasteiger partial charge in [-0.15, -0.1) is 0 Å². The lowest BCUT2D eigenvalue weighted by atomic mass is 9.96. The first kappa shape index (κ1) is 15.7. The molecule has 0 saturated carbocycles. The number of aryl methyl sites for hydroxylation is 2. The zero-order valence-electron chi connectivity index (χ0n) is 13.1.